The first-order valence-electron chi connectivity index (χ1n) is 8.54. The van der Waals surface area contributed by atoms with E-state index in [1.54, 1.807) is 11.0 Å². The van der Waals surface area contributed by atoms with Crippen LogP contribution in [0.4, 0.5) is 9.52 Å². The number of quaternary nitrogens is 1. The van der Waals surface area contributed by atoms with Gasteiger partial charge in [0.05, 0.1) is 47.6 Å². The molecule has 2 heterocycles. The molecule has 0 bridgehead atoms. The van der Waals surface area contributed by atoms with Crippen LogP contribution < -0.4 is 9.80 Å². The van der Waals surface area contributed by atoms with Crippen LogP contribution in [0.1, 0.15) is 9.80 Å². The number of carbonyl (C=O) groups is 1. The van der Waals surface area contributed by atoms with Crippen molar-refractivity contribution in [1.29, 1.82) is 0 Å². The normalized spacial score (nSPS) is 11.6. The van der Waals surface area contributed by atoms with Crippen LogP contribution >= 0.6 is 22.7 Å². The molecule has 8 heteroatoms. The van der Waals surface area contributed by atoms with Crippen molar-refractivity contribution >= 4 is 54.1 Å². The topological polar surface area (TPSA) is 50.5 Å². The highest BCUT2D eigenvalue weighted by Gasteiger charge is 2.25. The second-order valence-electron chi connectivity index (χ2n) is 6.51. The van der Waals surface area contributed by atoms with Gasteiger partial charge >= 0.3 is 0 Å². The van der Waals surface area contributed by atoms with E-state index in [4.69, 9.17) is 0 Å². The Morgan fingerprint density at radius 1 is 1.07 bits per heavy atom. The van der Waals surface area contributed by atoms with Gasteiger partial charge in [-0.1, -0.05) is 23.5 Å². The average molecular weight is 402 g/mol. The molecule has 0 fully saturated rings. The number of hydrogen-bond donors (Lipinski definition) is 1. The minimum absolute atomic E-state index is 0.169. The number of fused-ring (bicyclic) bond motifs is 2. The number of nitrogens with one attached hydrogen (secondary N) is 1. The van der Waals surface area contributed by atoms with Crippen LogP contribution in [0.2, 0.25) is 0 Å². The van der Waals surface area contributed by atoms with Gasteiger partial charge in [-0.15, -0.1) is 11.3 Å². The van der Waals surface area contributed by atoms with E-state index in [2.05, 4.69) is 9.97 Å². The van der Waals surface area contributed by atoms with Crippen molar-refractivity contribution in [1.82, 2.24) is 9.97 Å². The molecular formula is C19H18FN4OS2+. The van der Waals surface area contributed by atoms with Gasteiger partial charge in [-0.25, -0.2) is 14.4 Å². The largest absolute Gasteiger partial charge is 0.338 e. The molecule has 2 aromatic heterocycles. The summed E-state index contributed by atoms with van der Waals surface area (Å²) in [4.78, 5) is 25.2. The van der Waals surface area contributed by atoms with Crippen LogP contribution in [-0.2, 0) is 0 Å². The lowest BCUT2D eigenvalue weighted by Gasteiger charge is -2.19. The summed E-state index contributed by atoms with van der Waals surface area (Å²) >= 11 is 2.70. The molecule has 0 atom stereocenters. The summed E-state index contributed by atoms with van der Waals surface area (Å²) in [5.41, 5.74) is 1.51. The van der Waals surface area contributed by atoms with E-state index in [0.29, 0.717) is 22.2 Å². The first kappa shape index (κ1) is 18.0. The lowest BCUT2D eigenvalue weighted by Crippen LogP contribution is -3.06. The molecule has 0 radical (unpaired) electrons. The Morgan fingerprint density at radius 3 is 2.63 bits per heavy atom. The van der Waals surface area contributed by atoms with Crippen LogP contribution in [0.5, 0.6) is 0 Å². The lowest BCUT2D eigenvalue weighted by molar-refractivity contribution is -0.856. The number of thiazole rings is 2. The molecule has 2 aromatic carbocycles. The van der Waals surface area contributed by atoms with E-state index in [1.165, 1.54) is 39.7 Å². The van der Waals surface area contributed by atoms with Gasteiger partial charge < -0.3 is 4.90 Å². The van der Waals surface area contributed by atoms with Crippen molar-refractivity contribution in [3.05, 3.63) is 53.3 Å². The van der Waals surface area contributed by atoms with Crippen molar-refractivity contribution < 1.29 is 14.1 Å². The smallest absolute Gasteiger partial charge is 0.289 e. The highest BCUT2D eigenvalue weighted by atomic mass is 32.1. The number of amides is 1. The minimum Gasteiger partial charge on any atom is -0.338 e. The first-order valence-corrected chi connectivity index (χ1v) is 10.2. The molecule has 0 aliphatic heterocycles. The van der Waals surface area contributed by atoms with E-state index in [-0.39, 0.29) is 11.7 Å². The van der Waals surface area contributed by atoms with Gasteiger partial charge in [-0.3, -0.25) is 9.69 Å². The second-order valence-corrected chi connectivity index (χ2v) is 8.55. The molecule has 4 aromatic rings. The molecule has 0 aliphatic rings. The Hall–Kier alpha value is -2.42. The molecule has 1 N–H and O–H groups in total. The lowest BCUT2D eigenvalue weighted by atomic mass is 10.3. The summed E-state index contributed by atoms with van der Waals surface area (Å²) in [6.45, 7) is 1.28. The quantitative estimate of drug-likeness (QED) is 0.560. The zero-order valence-corrected chi connectivity index (χ0v) is 16.5. The molecular weight excluding hydrogens is 383 g/mol. The second kappa shape index (κ2) is 7.30. The summed E-state index contributed by atoms with van der Waals surface area (Å²) in [5.74, 6) is -0.475. The molecule has 0 saturated carbocycles. The number of aromatic nitrogens is 2. The van der Waals surface area contributed by atoms with Crippen LogP contribution in [0, 0.1) is 5.82 Å². The predicted molar refractivity (Wildman–Crippen MR) is 109 cm³/mol. The fourth-order valence-corrected chi connectivity index (χ4v) is 4.63. The number of anilines is 1. The SMILES string of the molecule is C[NH+](C)CCN(C(=O)c1nc2ccccc2s1)c1nc2ccc(F)cc2s1. The maximum absolute atomic E-state index is 13.5. The third-order valence-electron chi connectivity index (χ3n) is 4.13. The molecule has 0 aliphatic carbocycles. The summed E-state index contributed by atoms with van der Waals surface area (Å²) in [7, 11) is 4.07. The van der Waals surface area contributed by atoms with Crippen molar-refractivity contribution in [3.8, 4) is 0 Å². The predicted octanol–water partition coefficient (Wildman–Crippen LogP) is 2.84. The third-order valence-corrected chi connectivity index (χ3v) is 6.19. The molecule has 1 amide bonds. The Kier molecular flexibility index (Phi) is 4.86. The van der Waals surface area contributed by atoms with Gasteiger partial charge in [-0.05, 0) is 30.3 Å². The monoisotopic (exact) mass is 401 g/mol. The van der Waals surface area contributed by atoms with Crippen molar-refractivity contribution in [2.75, 3.05) is 32.1 Å². The zero-order chi connectivity index (χ0) is 19.0. The van der Waals surface area contributed by atoms with Crippen LogP contribution in [0.25, 0.3) is 20.4 Å². The van der Waals surface area contributed by atoms with E-state index in [0.717, 1.165) is 21.5 Å². The van der Waals surface area contributed by atoms with Crippen molar-refractivity contribution in [2.24, 2.45) is 0 Å². The van der Waals surface area contributed by atoms with Crippen molar-refractivity contribution in [3.63, 3.8) is 0 Å². The minimum atomic E-state index is -0.306. The molecule has 0 saturated heterocycles. The van der Waals surface area contributed by atoms with Gasteiger partial charge in [-0.2, -0.15) is 0 Å². The zero-order valence-electron chi connectivity index (χ0n) is 14.9. The Bertz CT molecular complexity index is 1090. The maximum atomic E-state index is 13.5. The van der Waals surface area contributed by atoms with Crippen LogP contribution in [-0.4, -0.2) is 43.1 Å². The average Bonchev–Trinajstić information content (AvgIpc) is 3.24. The Balaban J connectivity index is 1.73. The fraction of sp³-hybridized carbons (Fsp3) is 0.211. The van der Waals surface area contributed by atoms with Gasteiger partial charge in [0.1, 0.15) is 5.82 Å². The first-order chi connectivity index (χ1) is 13.0. The van der Waals surface area contributed by atoms with E-state index in [9.17, 15) is 9.18 Å². The number of halogens is 1. The summed E-state index contributed by atoms with van der Waals surface area (Å²) in [5, 5.41) is 1.01. The van der Waals surface area contributed by atoms with Crippen LogP contribution in [0.3, 0.4) is 0 Å². The molecule has 4 rings (SSSR count). The van der Waals surface area contributed by atoms with Crippen molar-refractivity contribution in [2.45, 2.75) is 0 Å². The van der Waals surface area contributed by atoms with E-state index < -0.39 is 0 Å². The molecule has 0 unspecified atom stereocenters. The number of nitrogens with zero attached hydrogens (tertiary/aromatic N) is 3. The highest BCUT2D eigenvalue weighted by Crippen LogP contribution is 2.31. The Morgan fingerprint density at radius 2 is 1.85 bits per heavy atom. The van der Waals surface area contributed by atoms with E-state index in [1.807, 2.05) is 38.4 Å². The maximum Gasteiger partial charge on any atom is 0.289 e. The summed E-state index contributed by atoms with van der Waals surface area (Å²) in [6, 6.07) is 12.2. The number of rotatable bonds is 5. The summed E-state index contributed by atoms with van der Waals surface area (Å²) < 4.78 is 15.2. The van der Waals surface area contributed by atoms with Gasteiger partial charge in [0.15, 0.2) is 10.1 Å². The third kappa shape index (κ3) is 3.69. The highest BCUT2D eigenvalue weighted by molar-refractivity contribution is 7.22. The molecule has 138 valence electrons. The molecule has 27 heavy (non-hydrogen) atoms. The Labute approximate surface area is 163 Å². The van der Waals surface area contributed by atoms with Gasteiger partial charge in [0.2, 0.25) is 0 Å². The van der Waals surface area contributed by atoms with Crippen LogP contribution in [0.15, 0.2) is 42.5 Å². The van der Waals surface area contributed by atoms with Gasteiger partial charge in [0.25, 0.3) is 5.91 Å². The standard InChI is InChI=1S/C19H17FN4OS2/c1-23(2)9-10-24(19-22-14-8-7-12(20)11-16(14)27-19)18(25)17-21-13-5-3-4-6-15(13)26-17/h3-8,11H,9-10H2,1-2H3/p+1. The number of benzene rings is 2. The number of hydrogen-bond acceptors (Lipinski definition) is 5. The van der Waals surface area contributed by atoms with E-state index >= 15 is 0 Å². The summed E-state index contributed by atoms with van der Waals surface area (Å²) in [6.07, 6.45) is 0. The number of likely N-dealkylation sites (N-methyl/N-ethyl adjacent to an activating group) is 1. The molecule has 5 nitrogen and oxygen atoms in total. The number of para-hydroxylation sites is 1. The molecule has 0 spiro atoms. The fourth-order valence-electron chi connectivity index (χ4n) is 2.70. The van der Waals surface area contributed by atoms with Gasteiger partial charge in [0, 0.05) is 0 Å². The number of carbonyl (C=O) groups excluding carboxylic acids is 1.